The fraction of sp³-hybridized carbons (Fsp3) is 0.600. The summed E-state index contributed by atoms with van der Waals surface area (Å²) in [7, 11) is 0. The van der Waals surface area contributed by atoms with E-state index in [4.69, 9.17) is 11.5 Å². The summed E-state index contributed by atoms with van der Waals surface area (Å²) in [6, 6.07) is -1.14. The molecule has 0 saturated carbocycles. The molecule has 5 N–H and O–H groups in total. The highest BCUT2D eigenvalue weighted by atomic mass is 16.2. The Morgan fingerprint density at radius 1 is 1.70 bits per heavy atom. The number of carbonyl (C=O) groups excluding carboxylic acids is 2. The molecule has 0 aromatic rings. The SMILES string of the molecule is NC(=O)C1CC(N)C(=O)N1. The summed E-state index contributed by atoms with van der Waals surface area (Å²) in [5.74, 6) is -0.829. The van der Waals surface area contributed by atoms with E-state index in [2.05, 4.69) is 5.32 Å². The van der Waals surface area contributed by atoms with Crippen LogP contribution in [0.2, 0.25) is 0 Å². The third-order valence-corrected chi connectivity index (χ3v) is 1.49. The summed E-state index contributed by atoms with van der Waals surface area (Å²) < 4.78 is 0. The van der Waals surface area contributed by atoms with E-state index in [0.29, 0.717) is 6.42 Å². The largest absolute Gasteiger partial charge is 0.368 e. The van der Waals surface area contributed by atoms with Crippen LogP contribution in [0.25, 0.3) is 0 Å². The second kappa shape index (κ2) is 2.26. The zero-order chi connectivity index (χ0) is 7.72. The predicted molar refractivity (Wildman–Crippen MR) is 33.7 cm³/mol. The molecule has 56 valence electrons. The van der Waals surface area contributed by atoms with E-state index >= 15 is 0 Å². The highest BCUT2D eigenvalue weighted by molar-refractivity contribution is 5.92. The first kappa shape index (κ1) is 7.01. The number of primary amides is 1. The molecule has 1 heterocycles. The molecule has 5 heteroatoms. The lowest BCUT2D eigenvalue weighted by molar-refractivity contribution is -0.124. The van der Waals surface area contributed by atoms with E-state index in [1.54, 1.807) is 0 Å². The van der Waals surface area contributed by atoms with Crippen molar-refractivity contribution in [2.75, 3.05) is 0 Å². The van der Waals surface area contributed by atoms with Gasteiger partial charge >= 0.3 is 0 Å². The molecule has 10 heavy (non-hydrogen) atoms. The molecule has 1 fully saturated rings. The van der Waals surface area contributed by atoms with Crippen LogP contribution in [0, 0.1) is 0 Å². The Morgan fingerprint density at radius 2 is 2.30 bits per heavy atom. The number of hydrogen-bond donors (Lipinski definition) is 3. The standard InChI is InChI=1S/C5H9N3O2/c6-2-1-3(4(7)9)8-5(2)10/h2-3H,1,6H2,(H2,7,9)(H,8,10). The van der Waals surface area contributed by atoms with Gasteiger partial charge in [-0.05, 0) is 0 Å². The first-order valence-corrected chi connectivity index (χ1v) is 2.96. The normalized spacial score (nSPS) is 31.9. The van der Waals surface area contributed by atoms with Crippen LogP contribution < -0.4 is 16.8 Å². The number of carbonyl (C=O) groups is 2. The Kier molecular flexibility index (Phi) is 1.58. The smallest absolute Gasteiger partial charge is 0.240 e. The van der Waals surface area contributed by atoms with Crippen molar-refractivity contribution in [3.63, 3.8) is 0 Å². The Labute approximate surface area is 57.7 Å². The average molecular weight is 143 g/mol. The van der Waals surface area contributed by atoms with Crippen LogP contribution in [0.3, 0.4) is 0 Å². The van der Waals surface area contributed by atoms with Crippen molar-refractivity contribution in [3.8, 4) is 0 Å². The van der Waals surface area contributed by atoms with Crippen molar-refractivity contribution in [1.29, 1.82) is 0 Å². The molecule has 0 spiro atoms. The molecule has 0 aromatic carbocycles. The fourth-order valence-corrected chi connectivity index (χ4v) is 0.886. The molecule has 2 unspecified atom stereocenters. The van der Waals surface area contributed by atoms with Crippen LogP contribution >= 0.6 is 0 Å². The summed E-state index contributed by atoms with van der Waals surface area (Å²) >= 11 is 0. The van der Waals surface area contributed by atoms with E-state index in [1.807, 2.05) is 0 Å². The minimum atomic E-state index is -0.572. The van der Waals surface area contributed by atoms with E-state index < -0.39 is 18.0 Å². The summed E-state index contributed by atoms with van der Waals surface area (Å²) in [5, 5.41) is 2.36. The van der Waals surface area contributed by atoms with E-state index in [9.17, 15) is 9.59 Å². The van der Waals surface area contributed by atoms with Crippen molar-refractivity contribution < 1.29 is 9.59 Å². The van der Waals surface area contributed by atoms with E-state index in [-0.39, 0.29) is 5.91 Å². The number of rotatable bonds is 1. The van der Waals surface area contributed by atoms with Gasteiger partial charge in [0.1, 0.15) is 6.04 Å². The molecule has 0 bridgehead atoms. The predicted octanol–water partition coefficient (Wildman–Crippen LogP) is -2.31. The maximum Gasteiger partial charge on any atom is 0.240 e. The van der Waals surface area contributed by atoms with Crippen molar-refractivity contribution in [3.05, 3.63) is 0 Å². The van der Waals surface area contributed by atoms with E-state index in [1.165, 1.54) is 0 Å². The topological polar surface area (TPSA) is 98.2 Å². The number of nitrogens with two attached hydrogens (primary N) is 2. The molecule has 1 aliphatic heterocycles. The minimum Gasteiger partial charge on any atom is -0.368 e. The summed E-state index contributed by atoms with van der Waals surface area (Å²) in [6.07, 6.45) is 0.314. The number of hydrogen-bond acceptors (Lipinski definition) is 3. The van der Waals surface area contributed by atoms with Gasteiger partial charge in [-0.2, -0.15) is 0 Å². The van der Waals surface area contributed by atoms with Crippen molar-refractivity contribution in [2.24, 2.45) is 11.5 Å². The van der Waals surface area contributed by atoms with Gasteiger partial charge in [0, 0.05) is 6.42 Å². The summed E-state index contributed by atoms with van der Waals surface area (Å²) in [4.78, 5) is 21.1. The minimum absolute atomic E-state index is 0.302. The monoisotopic (exact) mass is 143 g/mol. The molecule has 1 rings (SSSR count). The Hall–Kier alpha value is -1.10. The third kappa shape index (κ3) is 1.08. The van der Waals surface area contributed by atoms with Crippen molar-refractivity contribution in [1.82, 2.24) is 5.32 Å². The first-order chi connectivity index (χ1) is 4.61. The first-order valence-electron chi connectivity index (χ1n) is 2.96. The van der Waals surface area contributed by atoms with Crippen molar-refractivity contribution >= 4 is 11.8 Å². The average Bonchev–Trinajstić information content (AvgIpc) is 2.13. The zero-order valence-corrected chi connectivity index (χ0v) is 5.33. The quantitative estimate of drug-likeness (QED) is 0.384. The van der Waals surface area contributed by atoms with Crippen LogP contribution in [-0.2, 0) is 9.59 Å². The van der Waals surface area contributed by atoms with Gasteiger partial charge in [-0.1, -0.05) is 0 Å². The number of amides is 2. The van der Waals surface area contributed by atoms with E-state index in [0.717, 1.165) is 0 Å². The lowest BCUT2D eigenvalue weighted by atomic mass is 10.2. The van der Waals surface area contributed by atoms with Gasteiger partial charge in [0.25, 0.3) is 0 Å². The molecule has 0 aromatic heterocycles. The molecule has 1 aliphatic rings. The highest BCUT2D eigenvalue weighted by Gasteiger charge is 2.31. The van der Waals surface area contributed by atoms with Crippen LogP contribution in [0.5, 0.6) is 0 Å². The Morgan fingerprint density at radius 3 is 2.50 bits per heavy atom. The molecular weight excluding hydrogens is 134 g/mol. The second-order valence-corrected chi connectivity index (χ2v) is 2.31. The van der Waals surface area contributed by atoms with Crippen LogP contribution in [0.1, 0.15) is 6.42 Å². The van der Waals surface area contributed by atoms with Crippen molar-refractivity contribution in [2.45, 2.75) is 18.5 Å². The zero-order valence-electron chi connectivity index (χ0n) is 5.33. The molecular formula is C5H9N3O2. The lowest BCUT2D eigenvalue weighted by Crippen LogP contribution is -2.38. The summed E-state index contributed by atoms with van der Waals surface area (Å²) in [5.41, 5.74) is 10.2. The highest BCUT2D eigenvalue weighted by Crippen LogP contribution is 2.04. The van der Waals surface area contributed by atoms with Gasteiger partial charge in [-0.3, -0.25) is 9.59 Å². The molecule has 0 radical (unpaired) electrons. The molecule has 2 atom stereocenters. The molecule has 0 aliphatic carbocycles. The van der Waals surface area contributed by atoms with Crippen LogP contribution in [-0.4, -0.2) is 23.9 Å². The van der Waals surface area contributed by atoms with Gasteiger partial charge in [0.05, 0.1) is 6.04 Å². The Balaban J connectivity index is 2.57. The second-order valence-electron chi connectivity index (χ2n) is 2.31. The fourth-order valence-electron chi connectivity index (χ4n) is 0.886. The maximum atomic E-state index is 10.6. The summed E-state index contributed by atoms with van der Waals surface area (Å²) in [6.45, 7) is 0. The number of nitrogens with one attached hydrogen (secondary N) is 1. The maximum absolute atomic E-state index is 10.6. The van der Waals surface area contributed by atoms with Crippen LogP contribution in [0.15, 0.2) is 0 Å². The van der Waals surface area contributed by atoms with Gasteiger partial charge in [0.2, 0.25) is 11.8 Å². The molecule has 2 amide bonds. The van der Waals surface area contributed by atoms with Gasteiger partial charge in [-0.15, -0.1) is 0 Å². The molecule has 1 saturated heterocycles. The lowest BCUT2D eigenvalue weighted by Gasteiger charge is -2.01. The van der Waals surface area contributed by atoms with Gasteiger partial charge in [-0.25, -0.2) is 0 Å². The third-order valence-electron chi connectivity index (χ3n) is 1.49. The van der Waals surface area contributed by atoms with Gasteiger partial charge < -0.3 is 16.8 Å². The molecule has 5 nitrogen and oxygen atoms in total. The van der Waals surface area contributed by atoms with Crippen LogP contribution in [0.4, 0.5) is 0 Å². The Bertz CT molecular complexity index is 180. The van der Waals surface area contributed by atoms with Gasteiger partial charge in [0.15, 0.2) is 0 Å².